The summed E-state index contributed by atoms with van der Waals surface area (Å²) in [6.07, 6.45) is 6.05. The van der Waals surface area contributed by atoms with Crippen LogP contribution in [0.4, 0.5) is 0 Å². The molecule has 1 heterocycles. The van der Waals surface area contributed by atoms with Crippen LogP contribution in [0.5, 0.6) is 0 Å². The fourth-order valence-corrected chi connectivity index (χ4v) is 4.36. The number of aliphatic imine (C=N–C) groups is 1. The van der Waals surface area contributed by atoms with E-state index in [1.54, 1.807) is 11.3 Å². The summed E-state index contributed by atoms with van der Waals surface area (Å²) >= 11 is 1.71. The molecule has 0 bridgehead atoms. The Morgan fingerprint density at radius 2 is 1.92 bits per heavy atom. The third-order valence-electron chi connectivity index (χ3n) is 5.10. The van der Waals surface area contributed by atoms with Crippen LogP contribution in [0.2, 0.25) is 0 Å². The highest BCUT2D eigenvalue weighted by Gasteiger charge is 2.35. The van der Waals surface area contributed by atoms with Crippen LogP contribution in [0.1, 0.15) is 41.9 Å². The summed E-state index contributed by atoms with van der Waals surface area (Å²) in [5, 5.41) is 10.2. The normalized spacial score (nSPS) is 16.2. The van der Waals surface area contributed by atoms with Crippen molar-refractivity contribution in [1.29, 1.82) is 0 Å². The van der Waals surface area contributed by atoms with Gasteiger partial charge >= 0.3 is 0 Å². The maximum atomic E-state index is 4.51. The highest BCUT2D eigenvalue weighted by molar-refractivity contribution is 14.0. The lowest BCUT2D eigenvalue weighted by Crippen LogP contribution is -2.45. The number of nitrogens with one attached hydrogen (secondary N) is 2. The van der Waals surface area contributed by atoms with E-state index in [1.165, 1.54) is 31.2 Å². The summed E-state index contributed by atoms with van der Waals surface area (Å²) in [6, 6.07) is 10.9. The topological polar surface area (TPSA) is 49.3 Å². The molecule has 0 amide bonds. The second kappa shape index (κ2) is 10.3. The summed E-state index contributed by atoms with van der Waals surface area (Å²) in [6.45, 7) is 3.83. The number of benzene rings is 1. The lowest BCUT2D eigenvalue weighted by atomic mass is 9.79. The quantitative estimate of drug-likeness (QED) is 0.366. The van der Waals surface area contributed by atoms with E-state index in [-0.39, 0.29) is 29.4 Å². The first-order chi connectivity index (χ1) is 12.2. The zero-order valence-electron chi connectivity index (χ0n) is 15.6. The molecule has 1 aliphatic carbocycles. The van der Waals surface area contributed by atoms with Gasteiger partial charge in [-0.1, -0.05) is 43.2 Å². The molecule has 4 nitrogen and oxygen atoms in total. The Labute approximate surface area is 177 Å². The number of aromatic nitrogens is 1. The molecule has 142 valence electrons. The molecule has 3 rings (SSSR count). The van der Waals surface area contributed by atoms with E-state index < -0.39 is 0 Å². The smallest absolute Gasteiger partial charge is 0.191 e. The first kappa shape index (κ1) is 21.2. The van der Waals surface area contributed by atoms with Crippen molar-refractivity contribution in [3.05, 3.63) is 52.0 Å². The van der Waals surface area contributed by atoms with Crippen LogP contribution in [0, 0.1) is 6.92 Å². The number of halogens is 1. The fraction of sp³-hybridized carbons (Fsp3) is 0.500. The minimum atomic E-state index is 0. The molecule has 26 heavy (non-hydrogen) atoms. The zero-order chi connectivity index (χ0) is 17.5. The van der Waals surface area contributed by atoms with E-state index >= 15 is 0 Å². The van der Waals surface area contributed by atoms with Crippen LogP contribution >= 0.6 is 35.3 Å². The van der Waals surface area contributed by atoms with E-state index in [4.69, 9.17) is 0 Å². The summed E-state index contributed by atoms with van der Waals surface area (Å²) in [5.74, 6) is 0.883. The van der Waals surface area contributed by atoms with Crippen LogP contribution in [-0.2, 0) is 11.8 Å². The van der Waals surface area contributed by atoms with Crippen LogP contribution in [0.15, 0.2) is 40.7 Å². The number of aryl methyl sites for hydroxylation is 1. The third-order valence-corrected chi connectivity index (χ3v) is 5.93. The molecule has 1 aromatic heterocycles. The van der Waals surface area contributed by atoms with Crippen molar-refractivity contribution in [2.24, 2.45) is 4.99 Å². The summed E-state index contributed by atoms with van der Waals surface area (Å²) in [7, 11) is 1.84. The van der Waals surface area contributed by atoms with Gasteiger partial charge in [0.15, 0.2) is 5.96 Å². The van der Waals surface area contributed by atoms with Gasteiger partial charge in [0.05, 0.1) is 10.7 Å². The van der Waals surface area contributed by atoms with Gasteiger partial charge < -0.3 is 10.6 Å². The molecule has 1 aromatic carbocycles. The summed E-state index contributed by atoms with van der Waals surface area (Å²) in [4.78, 5) is 8.90. The van der Waals surface area contributed by atoms with Crippen molar-refractivity contribution in [3.63, 3.8) is 0 Å². The second-order valence-corrected chi connectivity index (χ2v) is 7.88. The molecule has 0 unspecified atom stereocenters. The first-order valence-corrected chi connectivity index (χ1v) is 10.0. The highest BCUT2D eigenvalue weighted by Crippen LogP contribution is 2.40. The fourth-order valence-electron chi connectivity index (χ4n) is 3.72. The maximum Gasteiger partial charge on any atom is 0.191 e. The van der Waals surface area contributed by atoms with Crippen LogP contribution in [0.3, 0.4) is 0 Å². The van der Waals surface area contributed by atoms with Gasteiger partial charge in [-0.3, -0.25) is 4.99 Å². The Hall–Kier alpha value is -1.15. The Bertz CT molecular complexity index is 693. The number of thiazole rings is 1. The van der Waals surface area contributed by atoms with E-state index in [9.17, 15) is 0 Å². The zero-order valence-corrected chi connectivity index (χ0v) is 18.8. The molecule has 0 radical (unpaired) electrons. The minimum absolute atomic E-state index is 0. The van der Waals surface area contributed by atoms with Gasteiger partial charge in [-0.2, -0.15) is 0 Å². The van der Waals surface area contributed by atoms with Crippen LogP contribution in [0.25, 0.3) is 0 Å². The maximum absolute atomic E-state index is 4.51. The molecule has 1 aliphatic rings. The Morgan fingerprint density at radius 1 is 1.19 bits per heavy atom. The lowest BCUT2D eigenvalue weighted by molar-refractivity contribution is 0.432. The predicted molar refractivity (Wildman–Crippen MR) is 122 cm³/mol. The number of nitrogens with zero attached hydrogens (tertiary/aromatic N) is 2. The van der Waals surface area contributed by atoms with Gasteiger partial charge in [0.2, 0.25) is 0 Å². The van der Waals surface area contributed by atoms with E-state index in [2.05, 4.69) is 56.3 Å². The second-order valence-electron chi connectivity index (χ2n) is 6.81. The van der Waals surface area contributed by atoms with Gasteiger partial charge in [0, 0.05) is 37.4 Å². The molecule has 2 aromatic rings. The van der Waals surface area contributed by atoms with E-state index in [1.807, 2.05) is 14.0 Å². The van der Waals surface area contributed by atoms with Gasteiger partial charge in [-0.05, 0) is 25.3 Å². The molecule has 0 aliphatic heterocycles. The van der Waals surface area contributed by atoms with Gasteiger partial charge in [-0.15, -0.1) is 35.3 Å². The van der Waals surface area contributed by atoms with Crippen molar-refractivity contribution in [2.75, 3.05) is 20.1 Å². The van der Waals surface area contributed by atoms with Crippen molar-refractivity contribution >= 4 is 41.3 Å². The Kier molecular flexibility index (Phi) is 8.34. The molecule has 1 saturated carbocycles. The van der Waals surface area contributed by atoms with Gasteiger partial charge in [0.25, 0.3) is 0 Å². The average molecular weight is 484 g/mol. The number of rotatable bonds is 6. The number of guanidine groups is 1. The standard InChI is InChI=1S/C20H28N4S.HI/c1-16-24-18(14-25-16)10-13-22-19(21-2)23-15-20(11-6-7-12-20)17-8-4-3-5-9-17;/h3-5,8-9,14H,6-7,10-13,15H2,1-2H3,(H2,21,22,23);1H. The largest absolute Gasteiger partial charge is 0.356 e. The molecule has 6 heteroatoms. The van der Waals surface area contributed by atoms with Gasteiger partial charge in [-0.25, -0.2) is 4.98 Å². The monoisotopic (exact) mass is 484 g/mol. The van der Waals surface area contributed by atoms with Gasteiger partial charge in [0.1, 0.15) is 0 Å². The lowest BCUT2D eigenvalue weighted by Gasteiger charge is -2.30. The predicted octanol–water partition coefficient (Wildman–Crippen LogP) is 4.29. The minimum Gasteiger partial charge on any atom is -0.356 e. The molecule has 1 fully saturated rings. The highest BCUT2D eigenvalue weighted by atomic mass is 127. The summed E-state index contributed by atoms with van der Waals surface area (Å²) in [5.41, 5.74) is 2.85. The third kappa shape index (κ3) is 5.42. The first-order valence-electron chi connectivity index (χ1n) is 9.13. The van der Waals surface area contributed by atoms with Crippen molar-refractivity contribution in [1.82, 2.24) is 15.6 Å². The van der Waals surface area contributed by atoms with Crippen molar-refractivity contribution < 1.29 is 0 Å². The van der Waals surface area contributed by atoms with Crippen LogP contribution < -0.4 is 10.6 Å². The molecular weight excluding hydrogens is 455 g/mol. The summed E-state index contributed by atoms with van der Waals surface area (Å²) < 4.78 is 0. The van der Waals surface area contributed by atoms with Crippen LogP contribution in [-0.4, -0.2) is 31.1 Å². The van der Waals surface area contributed by atoms with Crippen molar-refractivity contribution in [3.8, 4) is 0 Å². The number of hydrogen-bond acceptors (Lipinski definition) is 3. The average Bonchev–Trinajstić information content (AvgIpc) is 3.28. The SMILES string of the molecule is CN=C(NCCc1csc(C)n1)NCC1(c2ccccc2)CCCC1.I. The molecular formula is C20H29IN4S. The van der Waals surface area contributed by atoms with Crippen molar-refractivity contribution in [2.45, 2.75) is 44.4 Å². The van der Waals surface area contributed by atoms with E-state index in [0.717, 1.165) is 36.2 Å². The number of hydrogen-bond donors (Lipinski definition) is 2. The van der Waals surface area contributed by atoms with E-state index in [0.29, 0.717) is 0 Å². The Morgan fingerprint density at radius 3 is 2.54 bits per heavy atom. The molecule has 0 atom stereocenters. The molecule has 0 spiro atoms. The Balaban J connectivity index is 0.00000243. The molecule has 0 saturated heterocycles. The molecule has 2 N–H and O–H groups in total.